The fourth-order valence-corrected chi connectivity index (χ4v) is 2.62. The molecule has 1 aromatic carbocycles. The van der Waals surface area contributed by atoms with Gasteiger partial charge in [0, 0.05) is 18.1 Å². The largest absolute Gasteiger partial charge is 0.339 e. The topological polar surface area (TPSA) is 32.3 Å². The molecule has 1 aliphatic rings. The number of rotatable bonds is 3. The van der Waals surface area contributed by atoms with Crippen molar-refractivity contribution in [2.45, 2.75) is 12.8 Å². The summed E-state index contributed by atoms with van der Waals surface area (Å²) in [4.78, 5) is 13.9. The van der Waals surface area contributed by atoms with Crippen LogP contribution in [0.5, 0.6) is 0 Å². The minimum Gasteiger partial charge on any atom is -0.339 e. The van der Waals surface area contributed by atoms with Gasteiger partial charge in [-0.1, -0.05) is 11.6 Å². The van der Waals surface area contributed by atoms with E-state index in [0.717, 1.165) is 19.4 Å². The highest BCUT2D eigenvalue weighted by molar-refractivity contribution is 6.30. The molecule has 0 unspecified atom stereocenters. The molecule has 104 valence electrons. The Hall–Kier alpha value is -1.13. The number of carbonyl (C=O) groups is 1. The standard InChI is InChI=1S/C14H18ClFN2O/c1-17-9-10-4-6-18(7-5-10)14(19)12-3-2-11(15)8-13(12)16/h2-3,8,10,17H,4-7,9H2,1H3. The molecule has 1 aromatic rings. The Morgan fingerprint density at radius 3 is 2.74 bits per heavy atom. The molecule has 19 heavy (non-hydrogen) atoms. The maximum absolute atomic E-state index is 13.7. The number of hydrogen-bond donors (Lipinski definition) is 1. The molecule has 1 fully saturated rings. The van der Waals surface area contributed by atoms with Crippen LogP contribution in [0.15, 0.2) is 18.2 Å². The maximum atomic E-state index is 13.7. The van der Waals surface area contributed by atoms with Gasteiger partial charge in [0.1, 0.15) is 5.82 Å². The van der Waals surface area contributed by atoms with E-state index in [1.54, 1.807) is 11.0 Å². The van der Waals surface area contributed by atoms with Crippen LogP contribution < -0.4 is 5.32 Å². The van der Waals surface area contributed by atoms with Crippen molar-refractivity contribution in [1.82, 2.24) is 10.2 Å². The lowest BCUT2D eigenvalue weighted by Crippen LogP contribution is -2.40. The van der Waals surface area contributed by atoms with Gasteiger partial charge in [-0.05, 0) is 50.6 Å². The molecule has 0 radical (unpaired) electrons. The zero-order chi connectivity index (χ0) is 13.8. The molecule has 0 bridgehead atoms. The third kappa shape index (κ3) is 3.45. The molecule has 1 saturated heterocycles. The van der Waals surface area contributed by atoms with Crippen LogP contribution in [-0.2, 0) is 0 Å². The first-order valence-electron chi connectivity index (χ1n) is 6.50. The Morgan fingerprint density at radius 1 is 1.47 bits per heavy atom. The lowest BCUT2D eigenvalue weighted by atomic mass is 9.96. The molecule has 5 heteroatoms. The average molecular weight is 285 g/mol. The summed E-state index contributed by atoms with van der Waals surface area (Å²) in [7, 11) is 1.93. The summed E-state index contributed by atoms with van der Waals surface area (Å²) < 4.78 is 13.7. The minimum atomic E-state index is -0.546. The van der Waals surface area contributed by atoms with Crippen molar-refractivity contribution in [3.8, 4) is 0 Å². The fraction of sp³-hybridized carbons (Fsp3) is 0.500. The Labute approximate surface area is 117 Å². The van der Waals surface area contributed by atoms with Crippen LogP contribution in [0.4, 0.5) is 4.39 Å². The van der Waals surface area contributed by atoms with Gasteiger partial charge in [-0.15, -0.1) is 0 Å². The molecule has 2 rings (SSSR count). The SMILES string of the molecule is CNCC1CCN(C(=O)c2ccc(Cl)cc2F)CC1. The smallest absolute Gasteiger partial charge is 0.256 e. The van der Waals surface area contributed by atoms with Gasteiger partial charge in [-0.25, -0.2) is 4.39 Å². The highest BCUT2D eigenvalue weighted by Crippen LogP contribution is 2.21. The van der Waals surface area contributed by atoms with Crippen LogP contribution in [0.3, 0.4) is 0 Å². The normalized spacial score (nSPS) is 16.7. The molecule has 0 saturated carbocycles. The lowest BCUT2D eigenvalue weighted by molar-refractivity contribution is 0.0686. The lowest BCUT2D eigenvalue weighted by Gasteiger charge is -2.32. The summed E-state index contributed by atoms with van der Waals surface area (Å²) in [5.74, 6) is -0.184. The number of nitrogens with one attached hydrogen (secondary N) is 1. The maximum Gasteiger partial charge on any atom is 0.256 e. The second-order valence-corrected chi connectivity index (χ2v) is 5.35. The van der Waals surface area contributed by atoms with E-state index in [0.29, 0.717) is 24.0 Å². The molecule has 1 aliphatic heterocycles. The van der Waals surface area contributed by atoms with E-state index in [1.807, 2.05) is 7.05 Å². The van der Waals surface area contributed by atoms with Crippen molar-refractivity contribution >= 4 is 17.5 Å². The van der Waals surface area contributed by atoms with Gasteiger partial charge in [0.25, 0.3) is 5.91 Å². The predicted molar refractivity (Wildman–Crippen MR) is 74.0 cm³/mol. The summed E-state index contributed by atoms with van der Waals surface area (Å²) in [6.45, 7) is 2.35. The highest BCUT2D eigenvalue weighted by Gasteiger charge is 2.24. The molecular weight excluding hydrogens is 267 g/mol. The van der Waals surface area contributed by atoms with Gasteiger partial charge < -0.3 is 10.2 Å². The van der Waals surface area contributed by atoms with Gasteiger partial charge in [0.2, 0.25) is 0 Å². The number of amides is 1. The second-order valence-electron chi connectivity index (χ2n) is 4.92. The van der Waals surface area contributed by atoms with Gasteiger partial charge in [-0.3, -0.25) is 4.79 Å². The molecule has 1 heterocycles. The van der Waals surface area contributed by atoms with Crippen molar-refractivity contribution in [3.05, 3.63) is 34.6 Å². The average Bonchev–Trinajstić information content (AvgIpc) is 2.39. The number of carbonyl (C=O) groups excluding carboxylic acids is 1. The molecule has 0 spiro atoms. The summed E-state index contributed by atoms with van der Waals surface area (Å²) in [5, 5.41) is 3.46. The van der Waals surface area contributed by atoms with Gasteiger partial charge in [0.05, 0.1) is 5.56 Å². The van der Waals surface area contributed by atoms with Crippen LogP contribution in [0, 0.1) is 11.7 Å². The van der Waals surface area contributed by atoms with E-state index in [2.05, 4.69) is 5.32 Å². The van der Waals surface area contributed by atoms with Crippen molar-refractivity contribution in [2.24, 2.45) is 5.92 Å². The zero-order valence-electron chi connectivity index (χ0n) is 11.0. The summed E-state index contributed by atoms with van der Waals surface area (Å²) >= 11 is 5.69. The third-order valence-corrected chi connectivity index (χ3v) is 3.79. The molecule has 0 atom stereocenters. The van der Waals surface area contributed by atoms with E-state index < -0.39 is 5.82 Å². The number of nitrogens with zero attached hydrogens (tertiary/aromatic N) is 1. The third-order valence-electron chi connectivity index (χ3n) is 3.56. The quantitative estimate of drug-likeness (QED) is 0.925. The molecule has 0 aliphatic carbocycles. The van der Waals surface area contributed by atoms with Crippen LogP contribution >= 0.6 is 11.6 Å². The van der Waals surface area contributed by atoms with Gasteiger partial charge in [-0.2, -0.15) is 0 Å². The highest BCUT2D eigenvalue weighted by atomic mass is 35.5. The predicted octanol–water partition coefficient (Wildman–Crippen LogP) is 2.55. The van der Waals surface area contributed by atoms with Gasteiger partial charge >= 0.3 is 0 Å². The first-order chi connectivity index (χ1) is 9.11. The van der Waals surface area contributed by atoms with Crippen LogP contribution in [0.1, 0.15) is 23.2 Å². The summed E-state index contributed by atoms with van der Waals surface area (Å²) in [5.41, 5.74) is 0.108. The zero-order valence-corrected chi connectivity index (χ0v) is 11.7. The van der Waals surface area contributed by atoms with Crippen molar-refractivity contribution in [2.75, 3.05) is 26.7 Å². The van der Waals surface area contributed by atoms with Crippen molar-refractivity contribution in [3.63, 3.8) is 0 Å². The number of halogens is 2. The molecule has 1 N–H and O–H groups in total. The van der Waals surface area contributed by atoms with Crippen LogP contribution in [0.25, 0.3) is 0 Å². The summed E-state index contributed by atoms with van der Waals surface area (Å²) in [6, 6.07) is 4.19. The van der Waals surface area contributed by atoms with E-state index in [-0.39, 0.29) is 11.5 Å². The molecule has 3 nitrogen and oxygen atoms in total. The van der Waals surface area contributed by atoms with E-state index in [1.165, 1.54) is 12.1 Å². The van der Waals surface area contributed by atoms with Crippen molar-refractivity contribution < 1.29 is 9.18 Å². The second kappa shape index (κ2) is 6.35. The number of benzene rings is 1. The number of likely N-dealkylation sites (tertiary alicyclic amines) is 1. The summed E-state index contributed by atoms with van der Waals surface area (Å²) in [6.07, 6.45) is 1.92. The Kier molecular flexibility index (Phi) is 4.77. The Balaban J connectivity index is 2.01. The van der Waals surface area contributed by atoms with E-state index >= 15 is 0 Å². The van der Waals surface area contributed by atoms with E-state index in [4.69, 9.17) is 11.6 Å². The molecular formula is C14H18ClFN2O. The number of hydrogen-bond acceptors (Lipinski definition) is 2. The van der Waals surface area contributed by atoms with Crippen molar-refractivity contribution in [1.29, 1.82) is 0 Å². The fourth-order valence-electron chi connectivity index (χ4n) is 2.46. The van der Waals surface area contributed by atoms with Crippen LogP contribution in [0.2, 0.25) is 5.02 Å². The van der Waals surface area contributed by atoms with Gasteiger partial charge in [0.15, 0.2) is 0 Å². The monoisotopic (exact) mass is 284 g/mol. The number of piperidine rings is 1. The first-order valence-corrected chi connectivity index (χ1v) is 6.88. The van der Waals surface area contributed by atoms with E-state index in [9.17, 15) is 9.18 Å². The first kappa shape index (κ1) is 14.3. The van der Waals surface area contributed by atoms with Crippen LogP contribution in [-0.4, -0.2) is 37.5 Å². The molecule has 1 amide bonds. The molecule has 0 aromatic heterocycles. The Morgan fingerprint density at radius 2 is 2.16 bits per heavy atom. The minimum absolute atomic E-state index is 0.108. The Bertz CT molecular complexity index is 459.